The van der Waals surface area contributed by atoms with Crippen molar-refractivity contribution in [1.82, 2.24) is 9.78 Å². The molecule has 0 radical (unpaired) electrons. The van der Waals surface area contributed by atoms with Crippen LogP contribution in [0.4, 0.5) is 0 Å². The second-order valence-electron chi connectivity index (χ2n) is 4.39. The van der Waals surface area contributed by atoms with Gasteiger partial charge >= 0.3 is 0 Å². The summed E-state index contributed by atoms with van der Waals surface area (Å²) in [6.07, 6.45) is 1.73. The lowest BCUT2D eigenvalue weighted by molar-refractivity contribution is 0.112. The zero-order chi connectivity index (χ0) is 14.5. The van der Waals surface area contributed by atoms with E-state index in [-0.39, 0.29) is 0 Å². The highest BCUT2D eigenvalue weighted by Crippen LogP contribution is 2.26. The summed E-state index contributed by atoms with van der Waals surface area (Å²) in [6, 6.07) is 7.34. The van der Waals surface area contributed by atoms with E-state index < -0.39 is 0 Å². The molecule has 0 saturated carbocycles. The minimum absolute atomic E-state index is 0.458. The SMILES string of the molecule is CCc1cc(COc2ccc(C=O)cc2Br)n(CC)n1. The van der Waals surface area contributed by atoms with Gasteiger partial charge in [0.2, 0.25) is 0 Å². The molecule has 0 fully saturated rings. The fraction of sp³-hybridized carbons (Fsp3) is 0.333. The van der Waals surface area contributed by atoms with E-state index in [4.69, 9.17) is 4.74 Å². The van der Waals surface area contributed by atoms with Crippen LogP contribution in [0.5, 0.6) is 5.75 Å². The van der Waals surface area contributed by atoms with Gasteiger partial charge in [-0.25, -0.2) is 0 Å². The number of aryl methyl sites for hydroxylation is 2. The number of ether oxygens (including phenoxy) is 1. The third-order valence-corrected chi connectivity index (χ3v) is 3.66. The Kier molecular flexibility index (Phi) is 4.95. The molecule has 1 heterocycles. The van der Waals surface area contributed by atoms with E-state index in [9.17, 15) is 4.79 Å². The van der Waals surface area contributed by atoms with Crippen molar-refractivity contribution in [2.75, 3.05) is 0 Å². The van der Waals surface area contributed by atoms with Gasteiger partial charge in [-0.2, -0.15) is 5.10 Å². The summed E-state index contributed by atoms with van der Waals surface area (Å²) in [5, 5.41) is 4.49. The summed E-state index contributed by atoms with van der Waals surface area (Å²) >= 11 is 3.41. The quantitative estimate of drug-likeness (QED) is 0.756. The van der Waals surface area contributed by atoms with E-state index in [1.165, 1.54) is 0 Å². The Hall–Kier alpha value is -1.62. The van der Waals surface area contributed by atoms with Crippen molar-refractivity contribution in [2.45, 2.75) is 33.4 Å². The van der Waals surface area contributed by atoms with Gasteiger partial charge in [-0.15, -0.1) is 0 Å². The van der Waals surface area contributed by atoms with Gasteiger partial charge in [0, 0.05) is 12.1 Å². The fourth-order valence-electron chi connectivity index (χ4n) is 1.94. The van der Waals surface area contributed by atoms with Crippen molar-refractivity contribution < 1.29 is 9.53 Å². The lowest BCUT2D eigenvalue weighted by Gasteiger charge is -2.09. The van der Waals surface area contributed by atoms with Crippen LogP contribution in [0.2, 0.25) is 0 Å². The highest BCUT2D eigenvalue weighted by Gasteiger charge is 2.08. The molecule has 4 nitrogen and oxygen atoms in total. The Morgan fingerprint density at radius 2 is 2.15 bits per heavy atom. The van der Waals surface area contributed by atoms with Crippen LogP contribution >= 0.6 is 15.9 Å². The summed E-state index contributed by atoms with van der Waals surface area (Å²) in [7, 11) is 0. The number of nitrogens with zero attached hydrogens (tertiary/aromatic N) is 2. The van der Waals surface area contributed by atoms with E-state index in [1.807, 2.05) is 4.68 Å². The van der Waals surface area contributed by atoms with Crippen LogP contribution in [0.15, 0.2) is 28.7 Å². The Balaban J connectivity index is 2.12. The van der Waals surface area contributed by atoms with Gasteiger partial charge in [-0.3, -0.25) is 9.48 Å². The molecule has 0 N–H and O–H groups in total. The lowest BCUT2D eigenvalue weighted by atomic mass is 10.2. The van der Waals surface area contributed by atoms with E-state index in [0.717, 1.165) is 40.9 Å². The van der Waals surface area contributed by atoms with Crippen LogP contribution in [0, 0.1) is 0 Å². The van der Waals surface area contributed by atoms with E-state index in [2.05, 4.69) is 40.9 Å². The second-order valence-corrected chi connectivity index (χ2v) is 5.25. The highest BCUT2D eigenvalue weighted by molar-refractivity contribution is 9.10. The van der Waals surface area contributed by atoms with Crippen LogP contribution < -0.4 is 4.74 Å². The van der Waals surface area contributed by atoms with E-state index >= 15 is 0 Å². The molecule has 0 aliphatic heterocycles. The van der Waals surface area contributed by atoms with Crippen molar-refractivity contribution in [1.29, 1.82) is 0 Å². The number of benzene rings is 1. The number of aldehydes is 1. The first-order valence-electron chi connectivity index (χ1n) is 6.61. The molecule has 0 aliphatic carbocycles. The van der Waals surface area contributed by atoms with E-state index in [1.54, 1.807) is 18.2 Å². The monoisotopic (exact) mass is 336 g/mol. The number of hydrogen-bond donors (Lipinski definition) is 0. The number of rotatable bonds is 6. The Morgan fingerprint density at radius 3 is 2.75 bits per heavy atom. The maximum Gasteiger partial charge on any atom is 0.150 e. The predicted octanol–water partition coefficient (Wildman–Crippen LogP) is 3.62. The smallest absolute Gasteiger partial charge is 0.150 e. The van der Waals surface area contributed by atoms with Crippen LogP contribution in [-0.4, -0.2) is 16.1 Å². The average molecular weight is 337 g/mol. The van der Waals surface area contributed by atoms with Gasteiger partial charge in [0.05, 0.1) is 15.9 Å². The molecule has 1 aromatic carbocycles. The Morgan fingerprint density at radius 1 is 1.35 bits per heavy atom. The Bertz CT molecular complexity index is 608. The number of carbonyl (C=O) groups excluding carboxylic acids is 1. The first-order chi connectivity index (χ1) is 9.67. The molecular weight excluding hydrogens is 320 g/mol. The van der Waals surface area contributed by atoms with Crippen molar-refractivity contribution >= 4 is 22.2 Å². The highest BCUT2D eigenvalue weighted by atomic mass is 79.9. The Labute approximate surface area is 126 Å². The zero-order valence-corrected chi connectivity index (χ0v) is 13.2. The first kappa shape index (κ1) is 14.8. The second kappa shape index (κ2) is 6.70. The third kappa shape index (κ3) is 3.28. The fourth-order valence-corrected chi connectivity index (χ4v) is 2.45. The molecule has 2 rings (SSSR count). The topological polar surface area (TPSA) is 44.1 Å². The van der Waals surface area contributed by atoms with Crippen molar-refractivity contribution in [3.63, 3.8) is 0 Å². The van der Waals surface area contributed by atoms with Crippen molar-refractivity contribution in [3.05, 3.63) is 45.7 Å². The summed E-state index contributed by atoms with van der Waals surface area (Å²) in [4.78, 5) is 10.7. The van der Waals surface area contributed by atoms with E-state index in [0.29, 0.717) is 12.2 Å². The molecule has 106 valence electrons. The summed E-state index contributed by atoms with van der Waals surface area (Å²) in [5.74, 6) is 0.720. The molecule has 1 aromatic heterocycles. The molecule has 5 heteroatoms. The molecule has 0 aliphatic rings. The number of carbonyl (C=O) groups is 1. The maximum atomic E-state index is 10.7. The lowest BCUT2D eigenvalue weighted by Crippen LogP contribution is -2.06. The third-order valence-electron chi connectivity index (χ3n) is 3.04. The van der Waals surface area contributed by atoms with Crippen molar-refractivity contribution in [3.8, 4) is 5.75 Å². The van der Waals surface area contributed by atoms with Crippen LogP contribution in [0.1, 0.15) is 35.6 Å². The van der Waals surface area contributed by atoms with Crippen LogP contribution in [0.3, 0.4) is 0 Å². The minimum Gasteiger partial charge on any atom is -0.486 e. The van der Waals surface area contributed by atoms with Gasteiger partial charge < -0.3 is 4.74 Å². The van der Waals surface area contributed by atoms with Gasteiger partial charge in [0.25, 0.3) is 0 Å². The molecule has 20 heavy (non-hydrogen) atoms. The van der Waals surface area contributed by atoms with Gasteiger partial charge in [-0.05, 0) is 53.5 Å². The molecule has 0 unspecified atom stereocenters. The molecule has 0 atom stereocenters. The zero-order valence-electron chi connectivity index (χ0n) is 11.6. The predicted molar refractivity (Wildman–Crippen MR) is 81.1 cm³/mol. The molecule has 2 aromatic rings. The van der Waals surface area contributed by atoms with Gasteiger partial charge in [0.15, 0.2) is 0 Å². The maximum absolute atomic E-state index is 10.7. The number of halogens is 1. The molecule has 0 bridgehead atoms. The number of aromatic nitrogens is 2. The standard InChI is InChI=1S/C15H17BrN2O2/c1-3-12-8-13(18(4-2)17-12)10-20-15-6-5-11(9-19)7-14(15)16/h5-9H,3-4,10H2,1-2H3. The largest absolute Gasteiger partial charge is 0.486 e. The summed E-state index contributed by atoms with van der Waals surface area (Å²) < 4.78 is 8.53. The van der Waals surface area contributed by atoms with Crippen molar-refractivity contribution in [2.24, 2.45) is 0 Å². The summed E-state index contributed by atoms with van der Waals surface area (Å²) in [5.41, 5.74) is 2.74. The molecule has 0 saturated heterocycles. The van der Waals surface area contributed by atoms with Crippen LogP contribution in [-0.2, 0) is 19.6 Å². The number of hydrogen-bond acceptors (Lipinski definition) is 3. The first-order valence-corrected chi connectivity index (χ1v) is 7.40. The van der Waals surface area contributed by atoms with Crippen LogP contribution in [0.25, 0.3) is 0 Å². The average Bonchev–Trinajstić information content (AvgIpc) is 2.88. The normalized spacial score (nSPS) is 10.6. The molecule has 0 amide bonds. The van der Waals surface area contributed by atoms with Gasteiger partial charge in [0.1, 0.15) is 18.6 Å². The minimum atomic E-state index is 0.458. The molecular formula is C15H17BrN2O2. The summed E-state index contributed by atoms with van der Waals surface area (Å²) in [6.45, 7) is 5.43. The molecule has 0 spiro atoms. The van der Waals surface area contributed by atoms with Gasteiger partial charge in [-0.1, -0.05) is 6.92 Å².